The molecule has 0 saturated heterocycles. The van der Waals surface area contributed by atoms with Gasteiger partial charge in [-0.25, -0.2) is 0 Å². The van der Waals surface area contributed by atoms with Crippen LogP contribution >= 0.6 is 11.6 Å². The lowest BCUT2D eigenvalue weighted by Gasteiger charge is -2.23. The van der Waals surface area contributed by atoms with Crippen molar-refractivity contribution < 1.29 is 9.90 Å². The molecule has 0 radical (unpaired) electrons. The number of carbonyl (C=O) groups is 1. The molecule has 0 aliphatic rings. The number of fused-ring (bicyclic) bond motifs is 1. The second-order valence-electron chi connectivity index (χ2n) is 5.64. The zero-order chi connectivity index (χ0) is 14.4. The van der Waals surface area contributed by atoms with Crippen LogP contribution in [0.4, 0.5) is 0 Å². The average Bonchev–Trinajstić information content (AvgIpc) is 2.51. The third-order valence-corrected chi connectivity index (χ3v) is 3.96. The van der Waals surface area contributed by atoms with Gasteiger partial charge < -0.3 is 9.67 Å². The van der Waals surface area contributed by atoms with Crippen LogP contribution in [0.15, 0.2) is 18.2 Å². The SMILES string of the molecule is Cc1c(C(C)(C)CC(=O)O)c2ccc(Cl)cc2n1C. The Morgan fingerprint density at radius 3 is 2.63 bits per heavy atom. The fourth-order valence-corrected chi connectivity index (χ4v) is 3.02. The summed E-state index contributed by atoms with van der Waals surface area (Å²) in [6.07, 6.45) is 0.107. The molecule has 0 unspecified atom stereocenters. The van der Waals surface area contributed by atoms with Gasteiger partial charge in [-0.1, -0.05) is 31.5 Å². The van der Waals surface area contributed by atoms with E-state index in [0.29, 0.717) is 5.02 Å². The largest absolute Gasteiger partial charge is 0.481 e. The van der Waals surface area contributed by atoms with Gasteiger partial charge in [-0.15, -0.1) is 0 Å². The van der Waals surface area contributed by atoms with Gasteiger partial charge in [0.1, 0.15) is 0 Å². The maximum atomic E-state index is 11.1. The van der Waals surface area contributed by atoms with Crippen molar-refractivity contribution in [1.29, 1.82) is 0 Å². The molecule has 0 fully saturated rings. The van der Waals surface area contributed by atoms with Crippen LogP contribution in [0.3, 0.4) is 0 Å². The summed E-state index contributed by atoms with van der Waals surface area (Å²) in [6.45, 7) is 5.96. The van der Waals surface area contributed by atoms with Crippen molar-refractivity contribution in [1.82, 2.24) is 4.57 Å². The Morgan fingerprint density at radius 1 is 1.42 bits per heavy atom. The van der Waals surface area contributed by atoms with Gasteiger partial charge in [-0.05, 0) is 24.6 Å². The number of halogens is 1. The molecule has 0 aliphatic carbocycles. The van der Waals surface area contributed by atoms with Crippen molar-refractivity contribution in [2.45, 2.75) is 32.6 Å². The van der Waals surface area contributed by atoms with Crippen LogP contribution in [0.5, 0.6) is 0 Å². The molecule has 2 rings (SSSR count). The number of nitrogens with zero attached hydrogens (tertiary/aromatic N) is 1. The first-order chi connectivity index (χ1) is 8.74. The Labute approximate surface area is 117 Å². The smallest absolute Gasteiger partial charge is 0.304 e. The monoisotopic (exact) mass is 279 g/mol. The molecule has 19 heavy (non-hydrogen) atoms. The van der Waals surface area contributed by atoms with Crippen LogP contribution in [-0.2, 0) is 17.3 Å². The van der Waals surface area contributed by atoms with Crippen LogP contribution in [0.25, 0.3) is 10.9 Å². The van der Waals surface area contributed by atoms with E-state index in [0.717, 1.165) is 22.2 Å². The molecule has 0 aliphatic heterocycles. The van der Waals surface area contributed by atoms with E-state index in [1.54, 1.807) is 0 Å². The molecule has 3 nitrogen and oxygen atoms in total. The van der Waals surface area contributed by atoms with E-state index in [1.165, 1.54) is 0 Å². The lowest BCUT2D eigenvalue weighted by Crippen LogP contribution is -2.22. The molecule has 0 atom stereocenters. The van der Waals surface area contributed by atoms with E-state index >= 15 is 0 Å². The lowest BCUT2D eigenvalue weighted by molar-refractivity contribution is -0.138. The summed E-state index contributed by atoms with van der Waals surface area (Å²) in [5, 5.41) is 10.9. The Hall–Kier alpha value is -1.48. The molecule has 1 heterocycles. The molecule has 2 aromatic rings. The molecule has 1 aromatic heterocycles. The first kappa shape index (κ1) is 13.9. The maximum absolute atomic E-state index is 11.1. The molecular formula is C15H18ClNO2. The molecule has 0 bridgehead atoms. The Kier molecular flexibility index (Phi) is 3.35. The van der Waals surface area contributed by atoms with E-state index in [-0.39, 0.29) is 6.42 Å². The fraction of sp³-hybridized carbons (Fsp3) is 0.400. The van der Waals surface area contributed by atoms with Gasteiger partial charge >= 0.3 is 5.97 Å². The first-order valence-corrected chi connectivity index (χ1v) is 6.58. The van der Waals surface area contributed by atoms with Gasteiger partial charge in [0.25, 0.3) is 0 Å². The van der Waals surface area contributed by atoms with Crippen LogP contribution < -0.4 is 0 Å². The van der Waals surface area contributed by atoms with Crippen LogP contribution in [-0.4, -0.2) is 15.6 Å². The predicted octanol–water partition coefficient (Wildman–Crippen LogP) is 3.89. The summed E-state index contributed by atoms with van der Waals surface area (Å²) in [6, 6.07) is 5.75. The Morgan fingerprint density at radius 2 is 2.05 bits per heavy atom. The van der Waals surface area contributed by atoms with E-state index < -0.39 is 11.4 Å². The Balaban J connectivity index is 2.73. The minimum atomic E-state index is -0.782. The number of aryl methyl sites for hydroxylation is 1. The highest BCUT2D eigenvalue weighted by atomic mass is 35.5. The van der Waals surface area contributed by atoms with E-state index in [1.807, 2.05) is 46.0 Å². The number of aromatic nitrogens is 1. The van der Waals surface area contributed by atoms with E-state index in [2.05, 4.69) is 4.57 Å². The highest BCUT2D eigenvalue weighted by molar-refractivity contribution is 6.31. The fourth-order valence-electron chi connectivity index (χ4n) is 2.86. The molecule has 4 heteroatoms. The van der Waals surface area contributed by atoms with Crippen LogP contribution in [0.2, 0.25) is 5.02 Å². The van der Waals surface area contributed by atoms with Gasteiger partial charge in [-0.2, -0.15) is 0 Å². The van der Waals surface area contributed by atoms with Crippen LogP contribution in [0, 0.1) is 6.92 Å². The number of benzene rings is 1. The zero-order valence-electron chi connectivity index (χ0n) is 11.6. The minimum absolute atomic E-state index is 0.107. The summed E-state index contributed by atoms with van der Waals surface area (Å²) in [5.41, 5.74) is 2.80. The molecule has 0 spiro atoms. The van der Waals surface area contributed by atoms with Crippen molar-refractivity contribution in [3.05, 3.63) is 34.5 Å². The highest BCUT2D eigenvalue weighted by Crippen LogP contribution is 2.37. The Bertz CT molecular complexity index is 656. The molecule has 1 aromatic carbocycles. The van der Waals surface area contributed by atoms with E-state index in [9.17, 15) is 4.79 Å². The number of rotatable bonds is 3. The topological polar surface area (TPSA) is 42.2 Å². The maximum Gasteiger partial charge on any atom is 0.304 e. The van der Waals surface area contributed by atoms with Crippen molar-refractivity contribution in [2.75, 3.05) is 0 Å². The summed E-state index contributed by atoms with van der Waals surface area (Å²) >= 11 is 6.04. The molecule has 102 valence electrons. The van der Waals surface area contributed by atoms with Gasteiger partial charge in [0.2, 0.25) is 0 Å². The quantitative estimate of drug-likeness (QED) is 0.926. The number of hydrogen-bond donors (Lipinski definition) is 1. The summed E-state index contributed by atoms with van der Waals surface area (Å²) in [7, 11) is 1.98. The van der Waals surface area contributed by atoms with Gasteiger partial charge in [0, 0.05) is 34.1 Å². The number of carboxylic acids is 1. The minimum Gasteiger partial charge on any atom is -0.481 e. The molecule has 1 N–H and O–H groups in total. The second-order valence-corrected chi connectivity index (χ2v) is 6.07. The third-order valence-electron chi connectivity index (χ3n) is 3.73. The van der Waals surface area contributed by atoms with Crippen molar-refractivity contribution in [3.8, 4) is 0 Å². The molecular weight excluding hydrogens is 262 g/mol. The zero-order valence-corrected chi connectivity index (χ0v) is 12.4. The lowest BCUT2D eigenvalue weighted by atomic mass is 9.80. The van der Waals surface area contributed by atoms with Gasteiger partial charge in [0.05, 0.1) is 6.42 Å². The number of aliphatic carboxylic acids is 1. The van der Waals surface area contributed by atoms with Gasteiger partial charge in [-0.3, -0.25) is 4.79 Å². The molecule has 0 saturated carbocycles. The highest BCUT2D eigenvalue weighted by Gasteiger charge is 2.30. The normalized spacial score (nSPS) is 12.1. The summed E-state index contributed by atoms with van der Waals surface area (Å²) < 4.78 is 2.07. The standard InChI is InChI=1S/C15H18ClNO2/c1-9-14(15(2,3)8-13(18)19)11-6-5-10(16)7-12(11)17(9)4/h5-7H,8H2,1-4H3,(H,18,19). The first-order valence-electron chi connectivity index (χ1n) is 6.21. The number of hydrogen-bond acceptors (Lipinski definition) is 1. The third kappa shape index (κ3) is 2.35. The van der Waals surface area contributed by atoms with Gasteiger partial charge in [0.15, 0.2) is 0 Å². The van der Waals surface area contributed by atoms with Crippen molar-refractivity contribution >= 4 is 28.5 Å². The van der Waals surface area contributed by atoms with Crippen molar-refractivity contribution in [3.63, 3.8) is 0 Å². The number of carboxylic acid groups (broad SMARTS) is 1. The predicted molar refractivity (Wildman–Crippen MR) is 77.9 cm³/mol. The second kappa shape index (κ2) is 4.57. The average molecular weight is 280 g/mol. The van der Waals surface area contributed by atoms with E-state index in [4.69, 9.17) is 16.7 Å². The molecule has 0 amide bonds. The van der Waals surface area contributed by atoms with Crippen LogP contribution in [0.1, 0.15) is 31.5 Å². The summed E-state index contributed by atoms with van der Waals surface area (Å²) in [5.74, 6) is -0.782. The van der Waals surface area contributed by atoms with Crippen molar-refractivity contribution in [2.24, 2.45) is 7.05 Å². The summed E-state index contributed by atoms with van der Waals surface area (Å²) in [4.78, 5) is 11.1.